The lowest BCUT2D eigenvalue weighted by molar-refractivity contribution is -0.0305. The number of nitrogens with one attached hydrogen (secondary N) is 1. The molecular weight excluding hydrogens is 212 g/mol. The second kappa shape index (κ2) is 5.25. The fourth-order valence-corrected chi connectivity index (χ4v) is 2.27. The first-order chi connectivity index (χ1) is 7.65. The molecule has 0 aliphatic carbocycles. The van der Waals surface area contributed by atoms with Gasteiger partial charge in [-0.1, -0.05) is 20.8 Å². The summed E-state index contributed by atoms with van der Waals surface area (Å²) in [5.41, 5.74) is 0.254. The van der Waals surface area contributed by atoms with E-state index in [-0.39, 0.29) is 5.60 Å². The monoisotopic (exact) mass is 242 g/mol. The summed E-state index contributed by atoms with van der Waals surface area (Å²) in [7, 11) is 1.80. The van der Waals surface area contributed by atoms with Crippen molar-refractivity contribution in [2.45, 2.75) is 59.2 Å². The van der Waals surface area contributed by atoms with E-state index in [0.29, 0.717) is 17.5 Å². The van der Waals surface area contributed by atoms with E-state index in [2.05, 4.69) is 51.8 Å². The van der Waals surface area contributed by atoms with Gasteiger partial charge in [0.05, 0.1) is 5.60 Å². The van der Waals surface area contributed by atoms with Crippen molar-refractivity contribution in [3.05, 3.63) is 0 Å². The van der Waals surface area contributed by atoms with Gasteiger partial charge in [0.2, 0.25) is 0 Å². The molecule has 0 aromatic heterocycles. The van der Waals surface area contributed by atoms with Crippen LogP contribution in [0.25, 0.3) is 0 Å². The van der Waals surface area contributed by atoms with Gasteiger partial charge in [-0.05, 0) is 26.2 Å². The maximum absolute atomic E-state index is 5.55. The molecule has 1 saturated heterocycles. The van der Waals surface area contributed by atoms with Crippen LogP contribution < -0.4 is 5.32 Å². The number of rotatable bonds is 3. The van der Waals surface area contributed by atoms with Gasteiger partial charge in [-0.25, -0.2) is 0 Å². The number of hydrogen-bond acceptors (Lipinski definition) is 3. The number of methoxy groups -OCH3 is 1. The van der Waals surface area contributed by atoms with Crippen LogP contribution in [-0.2, 0) is 4.74 Å². The zero-order valence-electron chi connectivity index (χ0n) is 12.6. The predicted molar refractivity (Wildman–Crippen MR) is 73.4 cm³/mol. The van der Waals surface area contributed by atoms with Crippen molar-refractivity contribution in [2.75, 3.05) is 26.7 Å². The molecule has 2 unspecified atom stereocenters. The molecule has 3 heteroatoms. The summed E-state index contributed by atoms with van der Waals surface area (Å²) in [6.45, 7) is 16.7. The maximum Gasteiger partial charge on any atom is 0.0749 e. The van der Waals surface area contributed by atoms with Gasteiger partial charge < -0.3 is 10.1 Å². The SMILES string of the molecule is COC(C)(C)CN1CC(C(C)(C)C)NCC1C. The van der Waals surface area contributed by atoms with Crippen LogP contribution in [0.2, 0.25) is 0 Å². The van der Waals surface area contributed by atoms with Gasteiger partial charge in [0.15, 0.2) is 0 Å². The van der Waals surface area contributed by atoms with Crippen LogP contribution in [0.1, 0.15) is 41.5 Å². The van der Waals surface area contributed by atoms with Crippen molar-refractivity contribution in [3.63, 3.8) is 0 Å². The number of piperazine rings is 1. The van der Waals surface area contributed by atoms with Crippen LogP contribution in [0.3, 0.4) is 0 Å². The van der Waals surface area contributed by atoms with Crippen LogP contribution in [0.4, 0.5) is 0 Å². The molecule has 0 radical (unpaired) electrons. The number of nitrogens with zero attached hydrogens (tertiary/aromatic N) is 1. The molecule has 1 aliphatic heterocycles. The van der Waals surface area contributed by atoms with Crippen molar-refractivity contribution >= 4 is 0 Å². The Morgan fingerprint density at radius 3 is 2.29 bits per heavy atom. The standard InChI is InChI=1S/C14H30N2O/c1-11-8-15-12(13(2,3)4)9-16(11)10-14(5,6)17-7/h11-12,15H,8-10H2,1-7H3. The molecule has 1 aliphatic rings. The van der Waals surface area contributed by atoms with Crippen LogP contribution in [0.5, 0.6) is 0 Å². The summed E-state index contributed by atoms with van der Waals surface area (Å²) in [5, 5.41) is 3.66. The van der Waals surface area contributed by atoms with E-state index in [1.165, 1.54) is 0 Å². The van der Waals surface area contributed by atoms with E-state index in [4.69, 9.17) is 4.74 Å². The number of hydrogen-bond donors (Lipinski definition) is 1. The molecule has 1 rings (SSSR count). The van der Waals surface area contributed by atoms with Crippen molar-refractivity contribution in [3.8, 4) is 0 Å². The lowest BCUT2D eigenvalue weighted by Gasteiger charge is -2.46. The molecule has 0 saturated carbocycles. The quantitative estimate of drug-likeness (QED) is 0.820. The van der Waals surface area contributed by atoms with Gasteiger partial charge in [0.1, 0.15) is 0 Å². The number of ether oxygens (including phenoxy) is 1. The van der Waals surface area contributed by atoms with Crippen molar-refractivity contribution < 1.29 is 4.74 Å². The van der Waals surface area contributed by atoms with Gasteiger partial charge in [-0.15, -0.1) is 0 Å². The highest BCUT2D eigenvalue weighted by Gasteiger charge is 2.34. The summed E-state index contributed by atoms with van der Waals surface area (Å²) in [4.78, 5) is 2.55. The highest BCUT2D eigenvalue weighted by Crippen LogP contribution is 2.24. The highest BCUT2D eigenvalue weighted by molar-refractivity contribution is 4.92. The summed E-state index contributed by atoms with van der Waals surface area (Å²) in [5.74, 6) is 0. The molecule has 3 nitrogen and oxygen atoms in total. The fraction of sp³-hybridized carbons (Fsp3) is 1.00. The smallest absolute Gasteiger partial charge is 0.0749 e. The molecule has 1 heterocycles. The van der Waals surface area contributed by atoms with E-state index in [1.54, 1.807) is 7.11 Å². The second-order valence-corrected chi connectivity index (χ2v) is 7.07. The van der Waals surface area contributed by atoms with Crippen LogP contribution in [0.15, 0.2) is 0 Å². The van der Waals surface area contributed by atoms with Crippen LogP contribution in [-0.4, -0.2) is 49.3 Å². The first-order valence-electron chi connectivity index (χ1n) is 6.68. The maximum atomic E-state index is 5.55. The van der Waals surface area contributed by atoms with Gasteiger partial charge >= 0.3 is 0 Å². The van der Waals surface area contributed by atoms with E-state index in [9.17, 15) is 0 Å². The minimum absolute atomic E-state index is 0.0615. The van der Waals surface area contributed by atoms with Gasteiger partial charge in [0, 0.05) is 38.8 Å². The first-order valence-corrected chi connectivity index (χ1v) is 6.68. The van der Waals surface area contributed by atoms with Crippen molar-refractivity contribution in [2.24, 2.45) is 5.41 Å². The molecule has 0 amide bonds. The van der Waals surface area contributed by atoms with E-state index < -0.39 is 0 Å². The molecule has 1 fully saturated rings. The first kappa shape index (κ1) is 14.9. The molecule has 1 N–H and O–H groups in total. The van der Waals surface area contributed by atoms with Gasteiger partial charge in [-0.2, -0.15) is 0 Å². The summed E-state index contributed by atoms with van der Waals surface area (Å²) >= 11 is 0. The van der Waals surface area contributed by atoms with Crippen LogP contribution in [0, 0.1) is 5.41 Å². The lowest BCUT2D eigenvalue weighted by atomic mass is 9.84. The Morgan fingerprint density at radius 1 is 1.24 bits per heavy atom. The summed E-state index contributed by atoms with van der Waals surface area (Å²) < 4.78 is 5.55. The van der Waals surface area contributed by atoms with Crippen molar-refractivity contribution in [1.82, 2.24) is 10.2 Å². The molecule has 0 aromatic carbocycles. The van der Waals surface area contributed by atoms with E-state index in [1.807, 2.05) is 0 Å². The Kier molecular flexibility index (Phi) is 4.61. The van der Waals surface area contributed by atoms with Gasteiger partial charge in [0.25, 0.3) is 0 Å². The normalized spacial score (nSPS) is 28.4. The second-order valence-electron chi connectivity index (χ2n) is 7.07. The summed E-state index contributed by atoms with van der Waals surface area (Å²) in [6, 6.07) is 1.15. The molecule has 0 aromatic rings. The predicted octanol–water partition coefficient (Wildman–Crippen LogP) is 2.12. The van der Waals surface area contributed by atoms with Gasteiger partial charge in [-0.3, -0.25) is 4.90 Å². The Bertz CT molecular complexity index is 245. The third-order valence-corrected chi connectivity index (χ3v) is 3.88. The average Bonchev–Trinajstić information content (AvgIpc) is 2.19. The Hall–Kier alpha value is -0.120. The van der Waals surface area contributed by atoms with E-state index in [0.717, 1.165) is 19.6 Å². The molecule has 0 spiro atoms. The molecule has 0 bridgehead atoms. The average molecular weight is 242 g/mol. The largest absolute Gasteiger partial charge is 0.377 e. The molecule has 2 atom stereocenters. The zero-order valence-corrected chi connectivity index (χ0v) is 12.6. The third kappa shape index (κ3) is 4.23. The summed E-state index contributed by atoms with van der Waals surface area (Å²) in [6.07, 6.45) is 0. The zero-order chi connectivity index (χ0) is 13.3. The van der Waals surface area contributed by atoms with E-state index >= 15 is 0 Å². The van der Waals surface area contributed by atoms with Crippen molar-refractivity contribution in [1.29, 1.82) is 0 Å². The Morgan fingerprint density at radius 2 is 1.82 bits per heavy atom. The van der Waals surface area contributed by atoms with Crippen LogP contribution >= 0.6 is 0 Å². The fourth-order valence-electron chi connectivity index (χ4n) is 2.27. The Labute approximate surface area is 107 Å². The lowest BCUT2D eigenvalue weighted by Crippen LogP contribution is -2.61. The third-order valence-electron chi connectivity index (χ3n) is 3.88. The highest BCUT2D eigenvalue weighted by atomic mass is 16.5. The minimum atomic E-state index is -0.0615. The Balaban J connectivity index is 2.64. The molecular formula is C14H30N2O. The molecule has 102 valence electrons. The minimum Gasteiger partial charge on any atom is -0.377 e. The molecule has 17 heavy (non-hydrogen) atoms. The topological polar surface area (TPSA) is 24.5 Å².